The van der Waals surface area contributed by atoms with Gasteiger partial charge in [-0.15, -0.1) is 11.6 Å². The summed E-state index contributed by atoms with van der Waals surface area (Å²) in [6, 6.07) is 5.60. The van der Waals surface area contributed by atoms with E-state index >= 15 is 0 Å². The van der Waals surface area contributed by atoms with E-state index in [1.807, 2.05) is 18.2 Å². The number of methoxy groups -OCH3 is 1. The van der Waals surface area contributed by atoms with Gasteiger partial charge < -0.3 is 19.7 Å². The third-order valence-corrected chi connectivity index (χ3v) is 3.36. The highest BCUT2D eigenvalue weighted by Gasteiger charge is 2.16. The van der Waals surface area contributed by atoms with Gasteiger partial charge >= 0.3 is 0 Å². The van der Waals surface area contributed by atoms with Crippen molar-refractivity contribution in [2.24, 2.45) is 0 Å². The van der Waals surface area contributed by atoms with E-state index in [0.717, 1.165) is 24.5 Å². The van der Waals surface area contributed by atoms with Crippen molar-refractivity contribution in [3.05, 3.63) is 18.2 Å². The maximum absolute atomic E-state index is 11.6. The Morgan fingerprint density at radius 1 is 1.45 bits per heavy atom. The average Bonchev–Trinajstić information content (AvgIpc) is 2.47. The first-order valence-electron chi connectivity index (χ1n) is 6.57. The molecule has 0 saturated carbocycles. The molecule has 0 bridgehead atoms. The Kier molecular flexibility index (Phi) is 5.09. The van der Waals surface area contributed by atoms with Crippen molar-refractivity contribution in [2.45, 2.75) is 12.3 Å². The van der Waals surface area contributed by atoms with E-state index in [9.17, 15) is 4.79 Å². The summed E-state index contributed by atoms with van der Waals surface area (Å²) in [4.78, 5) is 13.8. The molecule has 0 spiro atoms. The van der Waals surface area contributed by atoms with Gasteiger partial charge in [-0.2, -0.15) is 0 Å². The van der Waals surface area contributed by atoms with Crippen molar-refractivity contribution < 1.29 is 14.3 Å². The molecule has 1 aromatic carbocycles. The summed E-state index contributed by atoms with van der Waals surface area (Å²) in [5.41, 5.74) is 1.68. The zero-order valence-electron chi connectivity index (χ0n) is 11.7. The average molecular weight is 299 g/mol. The van der Waals surface area contributed by atoms with Gasteiger partial charge in [-0.05, 0) is 19.1 Å². The van der Waals surface area contributed by atoms with Crippen molar-refractivity contribution in [1.82, 2.24) is 0 Å². The van der Waals surface area contributed by atoms with Crippen LogP contribution in [0.15, 0.2) is 18.2 Å². The van der Waals surface area contributed by atoms with E-state index in [2.05, 4.69) is 10.2 Å². The molecule has 1 aliphatic heterocycles. The number of benzene rings is 1. The molecule has 1 N–H and O–H groups in total. The number of carbonyl (C=O) groups excluding carboxylic acids is 1. The largest absolute Gasteiger partial charge is 0.495 e. The van der Waals surface area contributed by atoms with Crippen LogP contribution in [0.5, 0.6) is 5.75 Å². The molecule has 1 saturated heterocycles. The fourth-order valence-corrected chi connectivity index (χ4v) is 2.12. The monoisotopic (exact) mass is 298 g/mol. The smallest absolute Gasteiger partial charge is 0.242 e. The van der Waals surface area contributed by atoms with Gasteiger partial charge in [0.05, 0.1) is 26.0 Å². The molecule has 1 heterocycles. The number of hydrogen-bond acceptors (Lipinski definition) is 4. The van der Waals surface area contributed by atoms with Crippen molar-refractivity contribution in [1.29, 1.82) is 0 Å². The number of carbonyl (C=O) groups is 1. The number of anilines is 2. The molecule has 0 aromatic heterocycles. The Bertz CT molecular complexity index is 473. The van der Waals surface area contributed by atoms with Crippen LogP contribution >= 0.6 is 11.6 Å². The highest BCUT2D eigenvalue weighted by Crippen LogP contribution is 2.31. The predicted octanol–water partition coefficient (Wildman–Crippen LogP) is 2.10. The van der Waals surface area contributed by atoms with Gasteiger partial charge in [0.1, 0.15) is 11.1 Å². The Balaban J connectivity index is 2.16. The summed E-state index contributed by atoms with van der Waals surface area (Å²) in [6.07, 6.45) is 0. The standard InChI is InChI=1S/C14H19ClN2O3/c1-10(15)14(18)16-11-3-4-12(13(9-11)19-2)17-5-7-20-8-6-17/h3-4,9-10H,5-8H2,1-2H3,(H,16,18)/t10-/m0/s1. The highest BCUT2D eigenvalue weighted by atomic mass is 35.5. The molecule has 6 heteroatoms. The molecule has 0 unspecified atom stereocenters. The first-order chi connectivity index (χ1) is 9.61. The van der Waals surface area contributed by atoms with Gasteiger partial charge in [0, 0.05) is 24.8 Å². The molecular formula is C14H19ClN2O3. The van der Waals surface area contributed by atoms with E-state index in [1.54, 1.807) is 14.0 Å². The molecule has 5 nitrogen and oxygen atoms in total. The SMILES string of the molecule is COc1cc(NC(=O)[C@H](C)Cl)ccc1N1CCOCC1. The number of ether oxygens (including phenoxy) is 2. The van der Waals surface area contributed by atoms with E-state index < -0.39 is 5.38 Å². The molecular weight excluding hydrogens is 280 g/mol. The number of nitrogens with one attached hydrogen (secondary N) is 1. The summed E-state index contributed by atoms with van der Waals surface area (Å²) in [5.74, 6) is 0.500. The summed E-state index contributed by atoms with van der Waals surface area (Å²) in [6.45, 7) is 4.73. The number of amides is 1. The molecule has 1 fully saturated rings. The third-order valence-electron chi connectivity index (χ3n) is 3.16. The van der Waals surface area contributed by atoms with Gasteiger partial charge in [-0.25, -0.2) is 0 Å². The lowest BCUT2D eigenvalue weighted by molar-refractivity contribution is -0.115. The molecule has 110 valence electrons. The minimum Gasteiger partial charge on any atom is -0.495 e. The van der Waals surface area contributed by atoms with E-state index in [1.165, 1.54) is 0 Å². The lowest BCUT2D eigenvalue weighted by Crippen LogP contribution is -2.36. The van der Waals surface area contributed by atoms with E-state index in [-0.39, 0.29) is 5.91 Å². The van der Waals surface area contributed by atoms with Crippen LogP contribution in [-0.4, -0.2) is 44.7 Å². The van der Waals surface area contributed by atoms with Crippen LogP contribution < -0.4 is 15.0 Å². The van der Waals surface area contributed by atoms with E-state index in [4.69, 9.17) is 21.1 Å². The van der Waals surface area contributed by atoms with Crippen molar-refractivity contribution >= 4 is 28.9 Å². The summed E-state index contributed by atoms with van der Waals surface area (Å²) >= 11 is 5.74. The van der Waals surface area contributed by atoms with Crippen LogP contribution in [-0.2, 0) is 9.53 Å². The van der Waals surface area contributed by atoms with E-state index in [0.29, 0.717) is 18.9 Å². The zero-order chi connectivity index (χ0) is 14.5. The Hall–Kier alpha value is -1.46. The minimum atomic E-state index is -0.570. The molecule has 1 aliphatic rings. The topological polar surface area (TPSA) is 50.8 Å². The van der Waals surface area contributed by atoms with Crippen molar-refractivity contribution in [2.75, 3.05) is 43.6 Å². The molecule has 1 aromatic rings. The molecule has 1 amide bonds. The number of rotatable bonds is 4. The molecule has 2 rings (SSSR count). The molecule has 0 radical (unpaired) electrons. The lowest BCUT2D eigenvalue weighted by atomic mass is 10.2. The Labute approximate surface area is 123 Å². The minimum absolute atomic E-state index is 0.229. The van der Waals surface area contributed by atoms with Crippen LogP contribution in [0.25, 0.3) is 0 Å². The van der Waals surface area contributed by atoms with Crippen molar-refractivity contribution in [3.63, 3.8) is 0 Å². The number of morpholine rings is 1. The quantitative estimate of drug-likeness (QED) is 0.865. The zero-order valence-corrected chi connectivity index (χ0v) is 12.4. The van der Waals surface area contributed by atoms with Crippen LogP contribution in [0.1, 0.15) is 6.92 Å². The molecule has 0 aliphatic carbocycles. The first-order valence-corrected chi connectivity index (χ1v) is 7.01. The van der Waals surface area contributed by atoms with Gasteiger partial charge in [-0.1, -0.05) is 0 Å². The normalized spacial score (nSPS) is 16.6. The number of hydrogen-bond donors (Lipinski definition) is 1. The number of nitrogens with zero attached hydrogens (tertiary/aromatic N) is 1. The second kappa shape index (κ2) is 6.81. The maximum Gasteiger partial charge on any atom is 0.242 e. The van der Waals surface area contributed by atoms with Crippen LogP contribution in [0, 0.1) is 0 Å². The predicted molar refractivity (Wildman–Crippen MR) is 80.0 cm³/mol. The Morgan fingerprint density at radius 2 is 2.15 bits per heavy atom. The number of alkyl halides is 1. The summed E-state index contributed by atoms with van der Waals surface area (Å²) in [5, 5.41) is 2.18. The summed E-state index contributed by atoms with van der Waals surface area (Å²) in [7, 11) is 1.62. The van der Waals surface area contributed by atoms with Crippen LogP contribution in [0.2, 0.25) is 0 Å². The highest BCUT2D eigenvalue weighted by molar-refractivity contribution is 6.32. The van der Waals surface area contributed by atoms with Gasteiger partial charge in [0.25, 0.3) is 0 Å². The van der Waals surface area contributed by atoms with Crippen LogP contribution in [0.4, 0.5) is 11.4 Å². The third kappa shape index (κ3) is 3.55. The Morgan fingerprint density at radius 3 is 2.75 bits per heavy atom. The van der Waals surface area contributed by atoms with Gasteiger partial charge in [0.2, 0.25) is 5.91 Å². The fraction of sp³-hybridized carbons (Fsp3) is 0.500. The van der Waals surface area contributed by atoms with Gasteiger partial charge in [0.15, 0.2) is 0 Å². The first kappa shape index (κ1) is 14.9. The maximum atomic E-state index is 11.6. The lowest BCUT2D eigenvalue weighted by Gasteiger charge is -2.30. The fourth-order valence-electron chi connectivity index (χ4n) is 2.06. The second-order valence-electron chi connectivity index (χ2n) is 4.59. The number of halogens is 1. The molecule has 1 atom stereocenters. The second-order valence-corrected chi connectivity index (χ2v) is 5.25. The molecule has 20 heavy (non-hydrogen) atoms. The van der Waals surface area contributed by atoms with Crippen molar-refractivity contribution in [3.8, 4) is 5.75 Å². The van der Waals surface area contributed by atoms with Crippen LogP contribution in [0.3, 0.4) is 0 Å². The van der Waals surface area contributed by atoms with Gasteiger partial charge in [-0.3, -0.25) is 4.79 Å². The summed E-state index contributed by atoms with van der Waals surface area (Å²) < 4.78 is 10.8.